The molecule has 1 N–H and O–H groups in total. The maximum Gasteiger partial charge on any atom is 0.331 e. The minimum absolute atomic E-state index is 0.0720. The topological polar surface area (TPSA) is 75.7 Å². The third kappa shape index (κ3) is 5.20. The van der Waals surface area contributed by atoms with Crippen molar-refractivity contribution in [1.29, 1.82) is 0 Å². The van der Waals surface area contributed by atoms with E-state index in [-0.39, 0.29) is 5.91 Å². The highest BCUT2D eigenvalue weighted by atomic mass is 35.5. The summed E-state index contributed by atoms with van der Waals surface area (Å²) in [6, 6.07) is 14.1. The number of hydrogen-bond acceptors (Lipinski definition) is 4. The molecule has 0 unspecified atom stereocenters. The summed E-state index contributed by atoms with van der Waals surface area (Å²) < 4.78 is 4.94. The third-order valence-electron chi connectivity index (χ3n) is 4.16. The van der Waals surface area contributed by atoms with Gasteiger partial charge in [0, 0.05) is 35.4 Å². The van der Waals surface area contributed by atoms with Gasteiger partial charge in [0.05, 0.1) is 0 Å². The average molecular weight is 399 g/mol. The number of halogens is 1. The molecule has 0 aliphatic carbocycles. The average Bonchev–Trinajstić information content (AvgIpc) is 3.12. The molecule has 0 atom stereocenters. The number of anilines is 2. The predicted molar refractivity (Wildman–Crippen MR) is 108 cm³/mol. The van der Waals surface area contributed by atoms with Gasteiger partial charge in [-0.15, -0.1) is 0 Å². The predicted octanol–water partition coefficient (Wildman–Crippen LogP) is 3.66. The van der Waals surface area contributed by atoms with Crippen molar-refractivity contribution in [2.45, 2.75) is 12.8 Å². The van der Waals surface area contributed by atoms with E-state index in [4.69, 9.17) is 16.3 Å². The molecule has 0 radical (unpaired) electrons. The van der Waals surface area contributed by atoms with Crippen LogP contribution in [0.15, 0.2) is 54.6 Å². The number of rotatable bonds is 6. The first-order valence-corrected chi connectivity index (χ1v) is 9.20. The number of carbonyl (C=O) groups excluding carboxylic acids is 3. The van der Waals surface area contributed by atoms with Gasteiger partial charge in [-0.2, -0.15) is 0 Å². The Morgan fingerprint density at radius 1 is 1.18 bits per heavy atom. The van der Waals surface area contributed by atoms with Crippen molar-refractivity contribution in [2.75, 3.05) is 23.4 Å². The van der Waals surface area contributed by atoms with E-state index in [0.29, 0.717) is 29.2 Å². The van der Waals surface area contributed by atoms with Crippen molar-refractivity contribution in [1.82, 2.24) is 0 Å². The van der Waals surface area contributed by atoms with E-state index < -0.39 is 18.5 Å². The molecule has 28 heavy (non-hydrogen) atoms. The van der Waals surface area contributed by atoms with Gasteiger partial charge in [0.15, 0.2) is 6.61 Å². The molecule has 2 aromatic rings. The Balaban J connectivity index is 1.51. The van der Waals surface area contributed by atoms with Gasteiger partial charge in [0.2, 0.25) is 5.91 Å². The Labute approximate surface area is 167 Å². The van der Waals surface area contributed by atoms with Gasteiger partial charge in [-0.3, -0.25) is 9.59 Å². The van der Waals surface area contributed by atoms with Crippen LogP contribution in [-0.2, 0) is 19.1 Å². The van der Waals surface area contributed by atoms with Crippen molar-refractivity contribution >= 4 is 46.8 Å². The number of ether oxygens (including phenoxy) is 1. The van der Waals surface area contributed by atoms with Crippen molar-refractivity contribution in [3.8, 4) is 0 Å². The molecule has 2 amide bonds. The number of carbonyl (C=O) groups is 3. The SMILES string of the molecule is O=C(COC(=O)/C=C/c1ccccc1Cl)Nc1cccc(N2CCCC2=O)c1. The summed E-state index contributed by atoms with van der Waals surface area (Å²) in [7, 11) is 0. The molecule has 0 aromatic heterocycles. The number of amides is 2. The lowest BCUT2D eigenvalue weighted by Crippen LogP contribution is -2.24. The zero-order chi connectivity index (χ0) is 19.9. The van der Waals surface area contributed by atoms with Crippen LogP contribution in [-0.4, -0.2) is 30.9 Å². The molecule has 2 aromatic carbocycles. The minimum atomic E-state index is -0.647. The zero-order valence-corrected chi connectivity index (χ0v) is 15.8. The summed E-state index contributed by atoms with van der Waals surface area (Å²) in [4.78, 5) is 37.3. The fourth-order valence-electron chi connectivity index (χ4n) is 2.82. The molecule has 1 heterocycles. The van der Waals surface area contributed by atoms with Crippen LogP contribution in [0.5, 0.6) is 0 Å². The van der Waals surface area contributed by atoms with E-state index in [2.05, 4.69) is 5.32 Å². The largest absolute Gasteiger partial charge is 0.452 e. The molecule has 6 nitrogen and oxygen atoms in total. The fraction of sp³-hybridized carbons (Fsp3) is 0.190. The number of nitrogens with one attached hydrogen (secondary N) is 1. The third-order valence-corrected chi connectivity index (χ3v) is 4.51. The molecule has 1 fully saturated rings. The Morgan fingerprint density at radius 2 is 2.00 bits per heavy atom. The van der Waals surface area contributed by atoms with Gasteiger partial charge < -0.3 is 15.0 Å². The van der Waals surface area contributed by atoms with Crippen LogP contribution in [0.2, 0.25) is 5.02 Å². The lowest BCUT2D eigenvalue weighted by Gasteiger charge is -2.16. The van der Waals surface area contributed by atoms with Crippen LogP contribution >= 0.6 is 11.6 Å². The second kappa shape index (κ2) is 9.19. The van der Waals surface area contributed by atoms with Gasteiger partial charge in [0.1, 0.15) is 0 Å². The van der Waals surface area contributed by atoms with Crippen LogP contribution in [0.3, 0.4) is 0 Å². The molecule has 7 heteroatoms. The van der Waals surface area contributed by atoms with E-state index in [0.717, 1.165) is 12.1 Å². The summed E-state index contributed by atoms with van der Waals surface area (Å²) in [5.41, 5.74) is 1.95. The van der Waals surface area contributed by atoms with Crippen LogP contribution in [0.4, 0.5) is 11.4 Å². The summed E-state index contributed by atoms with van der Waals surface area (Å²) >= 11 is 6.00. The fourth-order valence-corrected chi connectivity index (χ4v) is 3.02. The molecule has 3 rings (SSSR count). The lowest BCUT2D eigenvalue weighted by atomic mass is 10.2. The van der Waals surface area contributed by atoms with Gasteiger partial charge in [-0.25, -0.2) is 4.79 Å². The number of hydrogen-bond donors (Lipinski definition) is 1. The molecule has 144 valence electrons. The Morgan fingerprint density at radius 3 is 2.75 bits per heavy atom. The highest BCUT2D eigenvalue weighted by molar-refractivity contribution is 6.32. The first-order chi connectivity index (χ1) is 13.5. The van der Waals surface area contributed by atoms with Crippen LogP contribution < -0.4 is 10.2 Å². The molecule has 0 bridgehead atoms. The second-order valence-corrected chi connectivity index (χ2v) is 6.62. The number of benzene rings is 2. The van der Waals surface area contributed by atoms with Gasteiger partial charge in [0.25, 0.3) is 5.91 Å². The van der Waals surface area contributed by atoms with Gasteiger partial charge in [-0.1, -0.05) is 35.9 Å². The highest BCUT2D eigenvalue weighted by Gasteiger charge is 2.21. The van der Waals surface area contributed by atoms with Crippen molar-refractivity contribution in [2.24, 2.45) is 0 Å². The van der Waals surface area contributed by atoms with E-state index in [1.807, 2.05) is 6.07 Å². The molecule has 1 saturated heterocycles. The lowest BCUT2D eigenvalue weighted by molar-refractivity contribution is -0.142. The monoisotopic (exact) mass is 398 g/mol. The van der Waals surface area contributed by atoms with Gasteiger partial charge in [-0.05, 0) is 42.3 Å². The van der Waals surface area contributed by atoms with Crippen LogP contribution in [0.1, 0.15) is 18.4 Å². The smallest absolute Gasteiger partial charge is 0.331 e. The molecule has 0 spiro atoms. The Bertz CT molecular complexity index is 926. The minimum Gasteiger partial charge on any atom is -0.452 e. The van der Waals surface area contributed by atoms with Crippen LogP contribution in [0.25, 0.3) is 6.08 Å². The van der Waals surface area contributed by atoms with Crippen molar-refractivity contribution in [3.05, 3.63) is 65.2 Å². The first-order valence-electron chi connectivity index (χ1n) is 8.82. The van der Waals surface area contributed by atoms with Crippen molar-refractivity contribution < 1.29 is 19.1 Å². The summed E-state index contributed by atoms with van der Waals surface area (Å²) in [6.45, 7) is 0.254. The number of esters is 1. The van der Waals surface area contributed by atoms with E-state index in [9.17, 15) is 14.4 Å². The van der Waals surface area contributed by atoms with Gasteiger partial charge >= 0.3 is 5.97 Å². The standard InChI is InChI=1S/C21H19ClN2O4/c22-18-8-2-1-5-15(18)10-11-21(27)28-14-19(25)23-16-6-3-7-17(13-16)24-12-4-9-20(24)26/h1-3,5-8,10-11,13H,4,9,12,14H2,(H,23,25)/b11-10+. The maximum absolute atomic E-state index is 12.0. The molecule has 1 aliphatic rings. The second-order valence-electron chi connectivity index (χ2n) is 6.21. The highest BCUT2D eigenvalue weighted by Crippen LogP contribution is 2.24. The number of nitrogens with zero attached hydrogens (tertiary/aromatic N) is 1. The summed E-state index contributed by atoms with van der Waals surface area (Å²) in [5, 5.41) is 3.17. The van der Waals surface area contributed by atoms with Crippen molar-refractivity contribution in [3.63, 3.8) is 0 Å². The zero-order valence-electron chi connectivity index (χ0n) is 15.1. The Hall–Kier alpha value is -3.12. The molecular weight excluding hydrogens is 380 g/mol. The molecular formula is C21H19ClN2O4. The Kier molecular flexibility index (Phi) is 6.45. The maximum atomic E-state index is 12.0. The van der Waals surface area contributed by atoms with Crippen LogP contribution in [0, 0.1) is 0 Å². The first kappa shape index (κ1) is 19.6. The molecule has 0 saturated carbocycles. The van der Waals surface area contributed by atoms with E-state index >= 15 is 0 Å². The molecule has 1 aliphatic heterocycles. The van der Waals surface area contributed by atoms with E-state index in [1.165, 1.54) is 12.2 Å². The normalized spacial score (nSPS) is 13.8. The summed E-state index contributed by atoms with van der Waals surface area (Å²) in [5.74, 6) is -1.04. The van der Waals surface area contributed by atoms with E-state index in [1.54, 1.807) is 47.4 Å². The summed E-state index contributed by atoms with van der Waals surface area (Å²) in [6.07, 6.45) is 4.11. The quantitative estimate of drug-likeness (QED) is 0.595.